The van der Waals surface area contributed by atoms with Gasteiger partial charge >= 0.3 is 0 Å². The molecule has 0 bridgehead atoms. The lowest BCUT2D eigenvalue weighted by atomic mass is 9.88. The number of aryl methyl sites for hydroxylation is 2. The number of thioether (sulfide) groups is 1. The van der Waals surface area contributed by atoms with Gasteiger partial charge in [-0.05, 0) is 49.4 Å². The summed E-state index contributed by atoms with van der Waals surface area (Å²) in [4.78, 5) is 12.6. The van der Waals surface area contributed by atoms with Crippen molar-refractivity contribution in [3.8, 4) is 5.69 Å². The van der Waals surface area contributed by atoms with Gasteiger partial charge in [-0.25, -0.2) is 0 Å². The Bertz CT molecular complexity index is 938. The SMILES string of the molecule is Cc1nnc(SCC(=O)N[C@H]2CCCc3ccccc32)n1-c1ccccc1. The van der Waals surface area contributed by atoms with Crippen molar-refractivity contribution < 1.29 is 4.79 Å². The van der Waals surface area contributed by atoms with Crippen molar-refractivity contribution in [2.45, 2.75) is 37.4 Å². The normalized spacial score (nSPS) is 16.0. The summed E-state index contributed by atoms with van der Waals surface area (Å²) in [6, 6.07) is 18.5. The van der Waals surface area contributed by atoms with Crippen LogP contribution in [0.3, 0.4) is 0 Å². The summed E-state index contributed by atoms with van der Waals surface area (Å²) < 4.78 is 1.98. The lowest BCUT2D eigenvalue weighted by Gasteiger charge is -2.26. The highest BCUT2D eigenvalue weighted by Gasteiger charge is 2.22. The van der Waals surface area contributed by atoms with Gasteiger partial charge in [-0.15, -0.1) is 10.2 Å². The van der Waals surface area contributed by atoms with E-state index >= 15 is 0 Å². The molecule has 1 amide bonds. The van der Waals surface area contributed by atoms with Crippen LogP contribution in [0, 0.1) is 6.92 Å². The van der Waals surface area contributed by atoms with Gasteiger partial charge in [0.15, 0.2) is 5.16 Å². The van der Waals surface area contributed by atoms with E-state index < -0.39 is 0 Å². The van der Waals surface area contributed by atoms with Crippen LogP contribution < -0.4 is 5.32 Å². The first-order chi connectivity index (χ1) is 13.2. The van der Waals surface area contributed by atoms with Crippen molar-refractivity contribution in [1.82, 2.24) is 20.1 Å². The third-order valence-electron chi connectivity index (χ3n) is 4.85. The van der Waals surface area contributed by atoms with Crippen LogP contribution in [-0.2, 0) is 11.2 Å². The van der Waals surface area contributed by atoms with Crippen LogP contribution in [0.5, 0.6) is 0 Å². The molecule has 3 aromatic rings. The lowest BCUT2D eigenvalue weighted by molar-refractivity contribution is -0.119. The van der Waals surface area contributed by atoms with Gasteiger partial charge in [0, 0.05) is 5.69 Å². The molecular weight excluding hydrogens is 356 g/mol. The Kier molecular flexibility index (Phi) is 5.25. The van der Waals surface area contributed by atoms with E-state index in [2.05, 4.69) is 33.7 Å². The summed E-state index contributed by atoms with van der Waals surface area (Å²) in [5.74, 6) is 1.16. The number of carbonyl (C=O) groups excluding carboxylic acids is 1. The molecule has 1 N–H and O–H groups in total. The summed E-state index contributed by atoms with van der Waals surface area (Å²) in [7, 11) is 0. The Morgan fingerprint density at radius 1 is 1.15 bits per heavy atom. The van der Waals surface area contributed by atoms with Crippen LogP contribution in [0.4, 0.5) is 0 Å². The number of nitrogens with one attached hydrogen (secondary N) is 1. The predicted molar refractivity (Wildman–Crippen MR) is 107 cm³/mol. The number of rotatable bonds is 5. The molecule has 0 fully saturated rings. The van der Waals surface area contributed by atoms with Crippen LogP contribution in [0.2, 0.25) is 0 Å². The van der Waals surface area contributed by atoms with Crippen LogP contribution in [0.25, 0.3) is 5.69 Å². The van der Waals surface area contributed by atoms with Crippen molar-refractivity contribution in [2.75, 3.05) is 5.75 Å². The largest absolute Gasteiger partial charge is 0.349 e. The first kappa shape index (κ1) is 17.8. The van der Waals surface area contributed by atoms with Crippen LogP contribution in [0.1, 0.15) is 35.8 Å². The van der Waals surface area contributed by atoms with Gasteiger partial charge < -0.3 is 5.32 Å². The second kappa shape index (κ2) is 7.96. The minimum atomic E-state index is 0.0296. The number of hydrogen-bond donors (Lipinski definition) is 1. The molecule has 1 heterocycles. The molecule has 0 spiro atoms. The number of benzene rings is 2. The molecule has 0 radical (unpaired) electrons. The second-order valence-corrected chi connectivity index (χ2v) is 7.64. The molecule has 4 rings (SSSR count). The zero-order valence-electron chi connectivity index (χ0n) is 15.3. The number of nitrogens with zero attached hydrogens (tertiary/aromatic N) is 3. The average Bonchev–Trinajstić information content (AvgIpc) is 3.08. The Morgan fingerprint density at radius 2 is 1.93 bits per heavy atom. The number of carbonyl (C=O) groups is 1. The summed E-state index contributed by atoms with van der Waals surface area (Å²) in [5, 5.41) is 12.3. The van der Waals surface area contributed by atoms with Gasteiger partial charge in [-0.3, -0.25) is 9.36 Å². The Balaban J connectivity index is 1.43. The fourth-order valence-corrected chi connectivity index (χ4v) is 4.39. The molecular formula is C21H22N4OS. The fraction of sp³-hybridized carbons (Fsp3) is 0.286. The Labute approximate surface area is 163 Å². The topological polar surface area (TPSA) is 59.8 Å². The molecule has 1 aliphatic rings. The highest BCUT2D eigenvalue weighted by atomic mass is 32.2. The smallest absolute Gasteiger partial charge is 0.230 e. The predicted octanol–water partition coefficient (Wildman–Crippen LogP) is 3.86. The first-order valence-electron chi connectivity index (χ1n) is 9.20. The monoisotopic (exact) mass is 378 g/mol. The van der Waals surface area contributed by atoms with E-state index in [1.807, 2.05) is 47.9 Å². The molecule has 1 atom stereocenters. The van der Waals surface area contributed by atoms with Gasteiger partial charge in [0.05, 0.1) is 11.8 Å². The number of fused-ring (bicyclic) bond motifs is 1. The van der Waals surface area contributed by atoms with Crippen LogP contribution >= 0.6 is 11.8 Å². The van der Waals surface area contributed by atoms with Gasteiger partial charge in [0.25, 0.3) is 0 Å². The summed E-state index contributed by atoms with van der Waals surface area (Å²) in [5.41, 5.74) is 3.61. The molecule has 0 saturated carbocycles. The maximum absolute atomic E-state index is 12.6. The van der Waals surface area contributed by atoms with Crippen molar-refractivity contribution in [2.24, 2.45) is 0 Å². The fourth-order valence-electron chi connectivity index (χ4n) is 3.58. The second-order valence-electron chi connectivity index (χ2n) is 6.70. The van der Waals surface area contributed by atoms with Gasteiger partial charge in [-0.2, -0.15) is 0 Å². The summed E-state index contributed by atoms with van der Waals surface area (Å²) in [6.45, 7) is 1.92. The number of amides is 1. The van der Waals surface area contributed by atoms with E-state index in [4.69, 9.17) is 0 Å². The quantitative estimate of drug-likeness (QED) is 0.685. The van der Waals surface area contributed by atoms with Crippen LogP contribution in [0.15, 0.2) is 59.8 Å². The van der Waals surface area contributed by atoms with E-state index in [-0.39, 0.29) is 11.9 Å². The standard InChI is InChI=1S/C21H22N4OS/c1-15-23-24-21(25(15)17-10-3-2-4-11-17)27-14-20(26)22-19-13-7-9-16-8-5-6-12-18(16)19/h2-6,8,10-12,19H,7,9,13-14H2,1H3,(H,22,26)/t19-/m0/s1. The van der Waals surface area contributed by atoms with Gasteiger partial charge in [0.2, 0.25) is 5.91 Å². The van der Waals surface area contributed by atoms with Crippen molar-refractivity contribution in [3.05, 3.63) is 71.5 Å². The highest BCUT2D eigenvalue weighted by Crippen LogP contribution is 2.29. The molecule has 138 valence electrons. The highest BCUT2D eigenvalue weighted by molar-refractivity contribution is 7.99. The molecule has 5 nitrogen and oxygen atoms in total. The van der Waals surface area contributed by atoms with E-state index in [1.165, 1.54) is 22.9 Å². The van der Waals surface area contributed by atoms with Crippen LogP contribution in [-0.4, -0.2) is 26.4 Å². The molecule has 1 aromatic heterocycles. The Hall–Kier alpha value is -2.60. The number of para-hydroxylation sites is 1. The summed E-state index contributed by atoms with van der Waals surface area (Å²) in [6.07, 6.45) is 3.19. The molecule has 0 saturated heterocycles. The molecule has 6 heteroatoms. The third-order valence-corrected chi connectivity index (χ3v) is 5.78. The average molecular weight is 379 g/mol. The molecule has 1 aliphatic carbocycles. The minimum absolute atomic E-state index is 0.0296. The lowest BCUT2D eigenvalue weighted by Crippen LogP contribution is -2.32. The van der Waals surface area contributed by atoms with Gasteiger partial charge in [-0.1, -0.05) is 54.2 Å². The van der Waals surface area contributed by atoms with E-state index in [1.54, 1.807) is 0 Å². The first-order valence-corrected chi connectivity index (χ1v) is 10.2. The van der Waals surface area contributed by atoms with E-state index in [9.17, 15) is 4.79 Å². The summed E-state index contributed by atoms with van der Waals surface area (Å²) >= 11 is 1.42. The maximum Gasteiger partial charge on any atom is 0.230 e. The van der Waals surface area contributed by atoms with Crippen molar-refractivity contribution in [1.29, 1.82) is 0 Å². The van der Waals surface area contributed by atoms with E-state index in [0.717, 1.165) is 35.9 Å². The number of aromatic nitrogens is 3. The molecule has 0 aliphatic heterocycles. The van der Waals surface area contributed by atoms with Crippen molar-refractivity contribution in [3.63, 3.8) is 0 Å². The molecule has 0 unspecified atom stereocenters. The minimum Gasteiger partial charge on any atom is -0.349 e. The van der Waals surface area contributed by atoms with Gasteiger partial charge in [0.1, 0.15) is 5.82 Å². The zero-order chi connectivity index (χ0) is 18.6. The number of hydrogen-bond acceptors (Lipinski definition) is 4. The third kappa shape index (κ3) is 3.90. The van der Waals surface area contributed by atoms with E-state index in [0.29, 0.717) is 5.75 Å². The zero-order valence-corrected chi connectivity index (χ0v) is 16.1. The molecule has 27 heavy (non-hydrogen) atoms. The van der Waals surface area contributed by atoms with Crippen molar-refractivity contribution >= 4 is 17.7 Å². The molecule has 2 aromatic carbocycles. The Morgan fingerprint density at radius 3 is 2.78 bits per heavy atom. The maximum atomic E-state index is 12.6.